The van der Waals surface area contributed by atoms with Crippen molar-refractivity contribution in [2.45, 2.75) is 0 Å². The minimum atomic E-state index is -0.339. The van der Waals surface area contributed by atoms with Crippen molar-refractivity contribution in [2.75, 3.05) is 23.8 Å². The summed E-state index contributed by atoms with van der Waals surface area (Å²) < 4.78 is 16.1. The molecule has 0 aliphatic carbocycles. The molecule has 0 saturated heterocycles. The summed E-state index contributed by atoms with van der Waals surface area (Å²) in [6.45, 7) is 1.05. The SMILES string of the molecule is O=C(/C=C/c1ccc2c(c1)OCCO2)Nc1ccc(NC(=O)c2ccco2)cc1. The summed E-state index contributed by atoms with van der Waals surface area (Å²) in [6.07, 6.45) is 4.58. The zero-order valence-corrected chi connectivity index (χ0v) is 15.4. The predicted molar refractivity (Wildman–Crippen MR) is 108 cm³/mol. The van der Waals surface area contributed by atoms with E-state index >= 15 is 0 Å². The van der Waals surface area contributed by atoms with E-state index < -0.39 is 0 Å². The van der Waals surface area contributed by atoms with Crippen LogP contribution >= 0.6 is 0 Å². The van der Waals surface area contributed by atoms with Gasteiger partial charge in [0.1, 0.15) is 13.2 Å². The second-order valence-corrected chi connectivity index (χ2v) is 6.23. The summed E-state index contributed by atoms with van der Waals surface area (Å²) in [5.74, 6) is 0.996. The van der Waals surface area contributed by atoms with Crippen molar-refractivity contribution in [3.63, 3.8) is 0 Å². The lowest BCUT2D eigenvalue weighted by atomic mass is 10.2. The van der Waals surface area contributed by atoms with E-state index in [1.807, 2.05) is 18.2 Å². The fraction of sp³-hybridized carbons (Fsp3) is 0.0909. The van der Waals surface area contributed by atoms with Crippen LogP contribution in [0.5, 0.6) is 11.5 Å². The Hall–Kier alpha value is -4.00. The zero-order valence-electron chi connectivity index (χ0n) is 15.4. The molecule has 0 saturated carbocycles. The Morgan fingerprint density at radius 3 is 2.31 bits per heavy atom. The van der Waals surface area contributed by atoms with E-state index in [9.17, 15) is 9.59 Å². The minimum Gasteiger partial charge on any atom is -0.486 e. The Morgan fingerprint density at radius 2 is 1.59 bits per heavy atom. The number of benzene rings is 2. The molecule has 2 heterocycles. The molecule has 1 aliphatic heterocycles. The molecule has 0 bridgehead atoms. The Bertz CT molecular complexity index is 1040. The van der Waals surface area contributed by atoms with Crippen molar-refractivity contribution in [3.05, 3.63) is 78.3 Å². The van der Waals surface area contributed by atoms with Gasteiger partial charge in [-0.2, -0.15) is 0 Å². The molecule has 2 N–H and O–H groups in total. The van der Waals surface area contributed by atoms with Crippen LogP contribution < -0.4 is 20.1 Å². The third-order valence-electron chi connectivity index (χ3n) is 4.15. The lowest BCUT2D eigenvalue weighted by molar-refractivity contribution is -0.111. The third-order valence-corrected chi connectivity index (χ3v) is 4.15. The Kier molecular flexibility index (Phi) is 5.29. The van der Waals surface area contributed by atoms with Gasteiger partial charge in [-0.1, -0.05) is 6.07 Å². The van der Waals surface area contributed by atoms with Gasteiger partial charge in [0.05, 0.1) is 6.26 Å². The van der Waals surface area contributed by atoms with Gasteiger partial charge in [-0.15, -0.1) is 0 Å². The first-order valence-corrected chi connectivity index (χ1v) is 9.01. The van der Waals surface area contributed by atoms with Gasteiger partial charge in [-0.25, -0.2) is 0 Å². The number of ether oxygens (including phenoxy) is 2. The summed E-state index contributed by atoms with van der Waals surface area (Å²) in [4.78, 5) is 24.1. The largest absolute Gasteiger partial charge is 0.486 e. The lowest BCUT2D eigenvalue weighted by Gasteiger charge is -2.18. The summed E-state index contributed by atoms with van der Waals surface area (Å²) >= 11 is 0. The topological polar surface area (TPSA) is 89.8 Å². The van der Waals surface area contributed by atoms with E-state index in [4.69, 9.17) is 13.9 Å². The Labute approximate surface area is 166 Å². The summed E-state index contributed by atoms with van der Waals surface area (Å²) in [5.41, 5.74) is 2.04. The van der Waals surface area contributed by atoms with Gasteiger partial charge in [-0.05, 0) is 60.2 Å². The molecule has 2 amide bonds. The average molecular weight is 390 g/mol. The number of rotatable bonds is 5. The first kappa shape index (κ1) is 18.4. The van der Waals surface area contributed by atoms with E-state index in [-0.39, 0.29) is 17.6 Å². The highest BCUT2D eigenvalue weighted by Crippen LogP contribution is 2.31. The van der Waals surface area contributed by atoms with Gasteiger partial charge in [0.25, 0.3) is 5.91 Å². The molecule has 0 radical (unpaired) electrons. The van der Waals surface area contributed by atoms with Crippen molar-refractivity contribution in [1.29, 1.82) is 0 Å². The molecule has 0 atom stereocenters. The van der Waals surface area contributed by atoms with Crippen LogP contribution in [0.25, 0.3) is 6.08 Å². The molecular formula is C22H18N2O5. The number of carbonyl (C=O) groups is 2. The highest BCUT2D eigenvalue weighted by atomic mass is 16.6. The second kappa shape index (κ2) is 8.35. The van der Waals surface area contributed by atoms with Gasteiger partial charge in [-0.3, -0.25) is 9.59 Å². The molecule has 1 aromatic heterocycles. The number of anilines is 2. The Morgan fingerprint density at radius 1 is 0.862 bits per heavy atom. The molecule has 146 valence electrons. The number of hydrogen-bond donors (Lipinski definition) is 2. The van der Waals surface area contributed by atoms with Crippen LogP contribution in [0.3, 0.4) is 0 Å². The molecule has 0 spiro atoms. The van der Waals surface area contributed by atoms with Crippen LogP contribution in [0.4, 0.5) is 11.4 Å². The molecule has 0 unspecified atom stereocenters. The van der Waals surface area contributed by atoms with E-state index in [1.165, 1.54) is 12.3 Å². The summed E-state index contributed by atoms with van der Waals surface area (Å²) in [6, 6.07) is 15.5. The van der Waals surface area contributed by atoms with Crippen LogP contribution in [-0.4, -0.2) is 25.0 Å². The molecule has 29 heavy (non-hydrogen) atoms. The first-order chi connectivity index (χ1) is 14.2. The van der Waals surface area contributed by atoms with Crippen molar-refractivity contribution in [2.24, 2.45) is 0 Å². The van der Waals surface area contributed by atoms with Crippen LogP contribution in [0.15, 0.2) is 71.4 Å². The van der Waals surface area contributed by atoms with E-state index in [1.54, 1.807) is 42.5 Å². The van der Waals surface area contributed by atoms with Gasteiger partial charge in [0, 0.05) is 17.5 Å². The van der Waals surface area contributed by atoms with Crippen LogP contribution in [0.1, 0.15) is 16.1 Å². The van der Waals surface area contributed by atoms with Crippen LogP contribution in [0, 0.1) is 0 Å². The summed E-state index contributed by atoms with van der Waals surface area (Å²) in [7, 11) is 0. The summed E-state index contributed by atoms with van der Waals surface area (Å²) in [5, 5.41) is 5.48. The van der Waals surface area contributed by atoms with Crippen molar-refractivity contribution < 1.29 is 23.5 Å². The fourth-order valence-electron chi connectivity index (χ4n) is 2.76. The van der Waals surface area contributed by atoms with E-state index in [0.717, 1.165) is 5.56 Å². The normalized spacial score (nSPS) is 12.6. The monoisotopic (exact) mass is 390 g/mol. The number of carbonyl (C=O) groups excluding carboxylic acids is 2. The van der Waals surface area contributed by atoms with Gasteiger partial charge in [0.15, 0.2) is 17.3 Å². The molecule has 4 rings (SSSR count). The molecule has 1 aliphatic rings. The molecule has 2 aromatic carbocycles. The van der Waals surface area contributed by atoms with Crippen LogP contribution in [0.2, 0.25) is 0 Å². The van der Waals surface area contributed by atoms with Crippen molar-refractivity contribution in [3.8, 4) is 11.5 Å². The maximum Gasteiger partial charge on any atom is 0.291 e. The van der Waals surface area contributed by atoms with Gasteiger partial charge < -0.3 is 24.5 Å². The Balaban J connectivity index is 1.33. The smallest absolute Gasteiger partial charge is 0.291 e. The molecule has 0 fully saturated rings. The quantitative estimate of drug-likeness (QED) is 0.644. The maximum atomic E-state index is 12.2. The maximum absolute atomic E-state index is 12.2. The number of hydrogen-bond acceptors (Lipinski definition) is 5. The molecule has 3 aromatic rings. The molecule has 7 heteroatoms. The predicted octanol–water partition coefficient (Wildman–Crippen LogP) is 3.96. The van der Waals surface area contributed by atoms with E-state index in [2.05, 4.69) is 10.6 Å². The number of fused-ring (bicyclic) bond motifs is 1. The highest BCUT2D eigenvalue weighted by Gasteiger charge is 2.11. The van der Waals surface area contributed by atoms with Gasteiger partial charge >= 0.3 is 0 Å². The zero-order chi connectivity index (χ0) is 20.1. The second-order valence-electron chi connectivity index (χ2n) is 6.23. The van der Waals surface area contributed by atoms with Crippen LogP contribution in [-0.2, 0) is 4.79 Å². The number of nitrogens with one attached hydrogen (secondary N) is 2. The van der Waals surface area contributed by atoms with Gasteiger partial charge in [0.2, 0.25) is 5.91 Å². The average Bonchev–Trinajstić information content (AvgIpc) is 3.29. The lowest BCUT2D eigenvalue weighted by Crippen LogP contribution is -2.15. The van der Waals surface area contributed by atoms with Crippen molar-refractivity contribution >= 4 is 29.3 Å². The molecular weight excluding hydrogens is 372 g/mol. The highest BCUT2D eigenvalue weighted by molar-refractivity contribution is 6.03. The standard InChI is InChI=1S/C22H18N2O5/c25-21(10-4-15-3-9-18-20(14-15)29-13-12-28-18)23-16-5-7-17(8-6-16)24-22(26)19-2-1-11-27-19/h1-11,14H,12-13H2,(H,23,25)(H,24,26)/b10-4+. The fourth-order valence-corrected chi connectivity index (χ4v) is 2.76. The third kappa shape index (κ3) is 4.65. The number of furan rings is 1. The van der Waals surface area contributed by atoms with Crippen molar-refractivity contribution in [1.82, 2.24) is 0 Å². The number of amides is 2. The van der Waals surface area contributed by atoms with E-state index in [0.29, 0.717) is 36.1 Å². The first-order valence-electron chi connectivity index (χ1n) is 9.01. The molecule has 7 nitrogen and oxygen atoms in total. The minimum absolute atomic E-state index is 0.228.